The zero-order valence-electron chi connectivity index (χ0n) is 20.9. The summed E-state index contributed by atoms with van der Waals surface area (Å²) >= 11 is 0. The number of carbonyl (C=O) groups excluding carboxylic acids is 3. The second-order valence-electron chi connectivity index (χ2n) is 8.32. The fourth-order valence-electron chi connectivity index (χ4n) is 3.17. The third-order valence-corrected chi connectivity index (χ3v) is 5.25. The number of hydrogen-bond acceptors (Lipinski definition) is 6. The van der Waals surface area contributed by atoms with Crippen LogP contribution in [0.2, 0.25) is 0 Å². The van der Waals surface area contributed by atoms with E-state index in [4.69, 9.17) is 14.2 Å². The van der Waals surface area contributed by atoms with Crippen molar-refractivity contribution >= 4 is 18.0 Å². The van der Waals surface area contributed by atoms with Gasteiger partial charge in [-0.15, -0.1) is 0 Å². The molecule has 0 saturated carbocycles. The number of rotatable bonds is 20. The Labute approximate surface area is 194 Å². The fourth-order valence-corrected chi connectivity index (χ4v) is 3.17. The minimum absolute atomic E-state index is 0.120. The Hall–Kier alpha value is -1.83. The molecule has 0 aliphatic rings. The van der Waals surface area contributed by atoms with E-state index >= 15 is 0 Å². The second kappa shape index (κ2) is 21.0. The maximum atomic E-state index is 12.2. The molecule has 0 atom stereocenters. The summed E-state index contributed by atoms with van der Waals surface area (Å²) in [6.07, 6.45) is 14.4. The highest BCUT2D eigenvalue weighted by Gasteiger charge is 2.19. The quantitative estimate of drug-likeness (QED) is 0.198. The van der Waals surface area contributed by atoms with Crippen LogP contribution in [-0.2, 0) is 23.8 Å². The van der Waals surface area contributed by atoms with Gasteiger partial charge in [0.2, 0.25) is 5.91 Å². The van der Waals surface area contributed by atoms with Crippen molar-refractivity contribution in [1.82, 2.24) is 9.80 Å². The average molecular weight is 459 g/mol. The molecule has 0 spiro atoms. The van der Waals surface area contributed by atoms with Gasteiger partial charge in [-0.25, -0.2) is 4.79 Å². The standard InChI is InChI=1S/C24H46N2O6/c1-5-6-7-8-9-10-11-12-13-14-15-16-17-31-23(28)21-25(2)22(27)20-26(3)24(29)32-19-18-30-4/h5-21H2,1-4H3. The van der Waals surface area contributed by atoms with Gasteiger partial charge in [0, 0.05) is 21.2 Å². The highest BCUT2D eigenvalue weighted by Crippen LogP contribution is 2.12. The molecule has 0 heterocycles. The van der Waals surface area contributed by atoms with E-state index < -0.39 is 12.1 Å². The molecule has 0 fully saturated rings. The number of unbranched alkanes of at least 4 members (excludes halogenated alkanes) is 11. The van der Waals surface area contributed by atoms with Crippen LogP contribution in [0.5, 0.6) is 0 Å². The summed E-state index contributed by atoms with van der Waals surface area (Å²) < 4.78 is 15.0. The van der Waals surface area contributed by atoms with Crippen LogP contribution in [0.1, 0.15) is 84.0 Å². The van der Waals surface area contributed by atoms with Gasteiger partial charge in [-0.05, 0) is 6.42 Å². The fraction of sp³-hybridized carbons (Fsp3) is 0.875. The smallest absolute Gasteiger partial charge is 0.410 e. The van der Waals surface area contributed by atoms with Crippen molar-refractivity contribution in [3.8, 4) is 0 Å². The van der Waals surface area contributed by atoms with Crippen molar-refractivity contribution < 1.29 is 28.6 Å². The molecule has 0 radical (unpaired) electrons. The molecule has 0 aliphatic heterocycles. The molecular formula is C24H46N2O6. The molecule has 188 valence electrons. The van der Waals surface area contributed by atoms with Crippen LogP contribution in [0, 0.1) is 0 Å². The molecule has 0 aromatic carbocycles. The lowest BCUT2D eigenvalue weighted by atomic mass is 10.1. The number of amides is 2. The van der Waals surface area contributed by atoms with Gasteiger partial charge >= 0.3 is 12.1 Å². The number of carbonyl (C=O) groups is 3. The van der Waals surface area contributed by atoms with Crippen LogP contribution in [0.4, 0.5) is 4.79 Å². The van der Waals surface area contributed by atoms with Crippen molar-refractivity contribution in [3.63, 3.8) is 0 Å². The summed E-state index contributed by atoms with van der Waals surface area (Å²) in [4.78, 5) is 38.2. The molecule has 0 rings (SSSR count). The van der Waals surface area contributed by atoms with Crippen LogP contribution >= 0.6 is 0 Å². The van der Waals surface area contributed by atoms with Gasteiger partial charge in [-0.2, -0.15) is 0 Å². The molecule has 0 bridgehead atoms. The maximum Gasteiger partial charge on any atom is 0.410 e. The predicted octanol–water partition coefficient (Wildman–Crippen LogP) is 4.40. The van der Waals surface area contributed by atoms with Crippen molar-refractivity contribution in [2.45, 2.75) is 84.0 Å². The van der Waals surface area contributed by atoms with Gasteiger partial charge in [0.25, 0.3) is 0 Å². The first-order chi connectivity index (χ1) is 15.4. The lowest BCUT2D eigenvalue weighted by Gasteiger charge is -2.21. The Morgan fingerprint density at radius 1 is 0.625 bits per heavy atom. The van der Waals surface area contributed by atoms with Gasteiger partial charge in [0.1, 0.15) is 19.7 Å². The zero-order valence-corrected chi connectivity index (χ0v) is 20.9. The normalized spacial score (nSPS) is 10.6. The number of hydrogen-bond donors (Lipinski definition) is 0. The number of methoxy groups -OCH3 is 1. The molecular weight excluding hydrogens is 412 g/mol. The summed E-state index contributed by atoms with van der Waals surface area (Å²) in [6, 6.07) is 0. The van der Waals surface area contributed by atoms with Crippen LogP contribution in [0.25, 0.3) is 0 Å². The van der Waals surface area contributed by atoms with Crippen molar-refractivity contribution in [1.29, 1.82) is 0 Å². The molecule has 0 N–H and O–H groups in total. The Kier molecular flexibility index (Phi) is 19.8. The zero-order chi connectivity index (χ0) is 24.0. The molecule has 0 aromatic rings. The van der Waals surface area contributed by atoms with Gasteiger partial charge in [0.15, 0.2) is 0 Å². The highest BCUT2D eigenvalue weighted by molar-refractivity contribution is 5.85. The average Bonchev–Trinajstić information content (AvgIpc) is 2.76. The SMILES string of the molecule is CCCCCCCCCCCCCCOC(=O)CN(C)C(=O)CN(C)C(=O)OCCOC. The highest BCUT2D eigenvalue weighted by atomic mass is 16.6. The first-order valence-corrected chi connectivity index (χ1v) is 12.2. The van der Waals surface area contributed by atoms with Crippen LogP contribution in [-0.4, -0.2) is 81.9 Å². The number of ether oxygens (including phenoxy) is 3. The van der Waals surface area contributed by atoms with Crippen LogP contribution in [0.3, 0.4) is 0 Å². The largest absolute Gasteiger partial charge is 0.464 e. The topological polar surface area (TPSA) is 85.4 Å². The lowest BCUT2D eigenvalue weighted by Crippen LogP contribution is -2.42. The van der Waals surface area contributed by atoms with Gasteiger partial charge < -0.3 is 24.0 Å². The van der Waals surface area contributed by atoms with Crippen molar-refractivity contribution in [2.24, 2.45) is 0 Å². The van der Waals surface area contributed by atoms with E-state index in [0.717, 1.165) is 17.7 Å². The summed E-state index contributed by atoms with van der Waals surface area (Å²) in [5.74, 6) is -0.798. The lowest BCUT2D eigenvalue weighted by molar-refractivity contribution is -0.148. The third kappa shape index (κ3) is 17.8. The van der Waals surface area contributed by atoms with Crippen LogP contribution in [0.15, 0.2) is 0 Å². The predicted molar refractivity (Wildman–Crippen MR) is 126 cm³/mol. The molecule has 0 aliphatic carbocycles. The summed E-state index contributed by atoms with van der Waals surface area (Å²) in [7, 11) is 4.48. The van der Waals surface area contributed by atoms with Gasteiger partial charge in [-0.1, -0.05) is 77.6 Å². The minimum Gasteiger partial charge on any atom is -0.464 e. The van der Waals surface area contributed by atoms with E-state index in [0.29, 0.717) is 13.2 Å². The van der Waals surface area contributed by atoms with Crippen molar-refractivity contribution in [2.75, 3.05) is 54.1 Å². The molecule has 8 heteroatoms. The van der Waals surface area contributed by atoms with Crippen molar-refractivity contribution in [3.05, 3.63) is 0 Å². The van der Waals surface area contributed by atoms with E-state index in [-0.39, 0.29) is 25.6 Å². The van der Waals surface area contributed by atoms with E-state index in [2.05, 4.69) is 6.92 Å². The van der Waals surface area contributed by atoms with E-state index in [1.807, 2.05) is 0 Å². The minimum atomic E-state index is -0.613. The van der Waals surface area contributed by atoms with Crippen LogP contribution < -0.4 is 0 Å². The Morgan fingerprint density at radius 3 is 1.69 bits per heavy atom. The Morgan fingerprint density at radius 2 is 1.16 bits per heavy atom. The van der Waals surface area contributed by atoms with E-state index in [1.54, 1.807) is 0 Å². The Bertz CT molecular complexity index is 501. The van der Waals surface area contributed by atoms with Gasteiger partial charge in [-0.3, -0.25) is 9.59 Å². The van der Waals surface area contributed by atoms with E-state index in [1.165, 1.54) is 90.3 Å². The van der Waals surface area contributed by atoms with Gasteiger partial charge in [0.05, 0.1) is 13.2 Å². The number of nitrogens with zero attached hydrogens (tertiary/aromatic N) is 2. The first-order valence-electron chi connectivity index (χ1n) is 12.2. The first kappa shape index (κ1) is 30.2. The summed E-state index contributed by atoms with van der Waals surface area (Å²) in [5, 5.41) is 0. The number of esters is 1. The monoisotopic (exact) mass is 458 g/mol. The maximum absolute atomic E-state index is 12.2. The molecule has 0 saturated heterocycles. The molecule has 0 unspecified atom stereocenters. The third-order valence-electron chi connectivity index (χ3n) is 5.25. The van der Waals surface area contributed by atoms with E-state index in [9.17, 15) is 14.4 Å². The number of likely N-dealkylation sites (N-methyl/N-ethyl adjacent to an activating group) is 2. The second-order valence-corrected chi connectivity index (χ2v) is 8.32. The summed E-state index contributed by atoms with van der Waals surface area (Å²) in [5.41, 5.74) is 0. The molecule has 0 aromatic heterocycles. The summed E-state index contributed by atoms with van der Waals surface area (Å²) in [6.45, 7) is 2.73. The Balaban J connectivity index is 3.68. The molecule has 8 nitrogen and oxygen atoms in total. The molecule has 32 heavy (non-hydrogen) atoms. The molecule has 2 amide bonds.